The summed E-state index contributed by atoms with van der Waals surface area (Å²) in [5, 5.41) is 6.39. The Hall–Kier alpha value is -4.46. The number of nitrogens with one attached hydrogen (secondary N) is 2. The smallest absolute Gasteiger partial charge is 0.347 e. The number of nitrogens with zero attached hydrogens (tertiary/aromatic N) is 1. The number of carbonyl (C=O) groups excluding carboxylic acids is 3. The van der Waals surface area contributed by atoms with Gasteiger partial charge in [0.25, 0.3) is 0 Å². The zero-order valence-corrected chi connectivity index (χ0v) is 18.2. The van der Waals surface area contributed by atoms with E-state index < -0.39 is 17.8 Å². The van der Waals surface area contributed by atoms with E-state index in [2.05, 4.69) is 15.8 Å². The predicted molar refractivity (Wildman–Crippen MR) is 125 cm³/mol. The normalized spacial score (nSPS) is 10.5. The van der Waals surface area contributed by atoms with Gasteiger partial charge in [-0.3, -0.25) is 9.59 Å². The van der Waals surface area contributed by atoms with Crippen molar-refractivity contribution in [2.24, 2.45) is 5.10 Å². The minimum Gasteiger partial charge on any atom is -0.496 e. The molecule has 0 aliphatic heterocycles. The molecular formula is C25H23N3O5. The summed E-state index contributed by atoms with van der Waals surface area (Å²) in [6.45, 7) is 1.95. The lowest BCUT2D eigenvalue weighted by molar-refractivity contribution is -0.136. The van der Waals surface area contributed by atoms with E-state index >= 15 is 0 Å². The van der Waals surface area contributed by atoms with Gasteiger partial charge in [-0.2, -0.15) is 5.10 Å². The van der Waals surface area contributed by atoms with Gasteiger partial charge in [0, 0.05) is 11.3 Å². The molecule has 0 aliphatic carbocycles. The van der Waals surface area contributed by atoms with Crippen LogP contribution >= 0.6 is 0 Å². The van der Waals surface area contributed by atoms with Crippen molar-refractivity contribution in [2.75, 3.05) is 12.4 Å². The lowest BCUT2D eigenvalue weighted by Gasteiger charge is -2.10. The number of amides is 2. The van der Waals surface area contributed by atoms with Gasteiger partial charge in [-0.1, -0.05) is 49.4 Å². The van der Waals surface area contributed by atoms with Crippen LogP contribution in [0.3, 0.4) is 0 Å². The molecule has 33 heavy (non-hydrogen) atoms. The second-order valence-corrected chi connectivity index (χ2v) is 6.79. The van der Waals surface area contributed by atoms with E-state index in [0.29, 0.717) is 23.4 Å². The molecule has 0 radical (unpaired) electrons. The molecule has 3 aromatic carbocycles. The van der Waals surface area contributed by atoms with E-state index in [4.69, 9.17) is 9.47 Å². The fourth-order valence-electron chi connectivity index (χ4n) is 2.99. The van der Waals surface area contributed by atoms with Crippen LogP contribution in [0.15, 0.2) is 77.9 Å². The quantitative estimate of drug-likeness (QED) is 0.190. The van der Waals surface area contributed by atoms with Gasteiger partial charge in [0.05, 0.1) is 13.3 Å². The molecule has 3 rings (SSSR count). The van der Waals surface area contributed by atoms with E-state index in [1.54, 1.807) is 60.7 Å². The van der Waals surface area contributed by atoms with E-state index in [9.17, 15) is 14.4 Å². The number of carbonyl (C=O) groups is 3. The van der Waals surface area contributed by atoms with Crippen LogP contribution in [0.1, 0.15) is 28.4 Å². The molecule has 0 heterocycles. The van der Waals surface area contributed by atoms with Crippen molar-refractivity contribution in [3.05, 3.63) is 89.5 Å². The maximum absolute atomic E-state index is 12.6. The molecule has 2 N–H and O–H groups in total. The molecule has 0 aromatic heterocycles. The van der Waals surface area contributed by atoms with Gasteiger partial charge in [-0.15, -0.1) is 0 Å². The van der Waals surface area contributed by atoms with Crippen molar-refractivity contribution in [2.45, 2.75) is 13.3 Å². The lowest BCUT2D eigenvalue weighted by atomic mass is 10.1. The number of para-hydroxylation sites is 3. The Morgan fingerprint density at radius 1 is 0.879 bits per heavy atom. The summed E-state index contributed by atoms with van der Waals surface area (Å²) in [6, 6.07) is 20.6. The zero-order valence-electron chi connectivity index (χ0n) is 18.2. The summed E-state index contributed by atoms with van der Waals surface area (Å²) in [7, 11) is 1.46. The van der Waals surface area contributed by atoms with E-state index in [0.717, 1.165) is 5.56 Å². The van der Waals surface area contributed by atoms with Crippen molar-refractivity contribution >= 4 is 29.7 Å². The van der Waals surface area contributed by atoms with Crippen LogP contribution in [-0.4, -0.2) is 31.1 Å². The minimum atomic E-state index is -0.930. The largest absolute Gasteiger partial charge is 0.496 e. The van der Waals surface area contributed by atoms with E-state index in [1.165, 1.54) is 13.3 Å². The average Bonchev–Trinajstić information content (AvgIpc) is 2.85. The SMILES string of the molecule is CCc1ccccc1NC(=O)C(=O)NN=Cc1ccccc1OC(=O)c1ccccc1OC. The fraction of sp³-hybridized carbons (Fsp3) is 0.120. The lowest BCUT2D eigenvalue weighted by Crippen LogP contribution is -2.32. The highest BCUT2D eigenvalue weighted by atomic mass is 16.5. The molecule has 168 valence electrons. The molecule has 0 saturated carbocycles. The first-order valence-electron chi connectivity index (χ1n) is 10.2. The second-order valence-electron chi connectivity index (χ2n) is 6.79. The van der Waals surface area contributed by atoms with Crippen molar-refractivity contribution in [1.29, 1.82) is 0 Å². The number of rotatable bonds is 7. The number of methoxy groups -OCH3 is 1. The first-order valence-corrected chi connectivity index (χ1v) is 10.2. The summed E-state index contributed by atoms with van der Waals surface area (Å²) < 4.78 is 10.7. The Morgan fingerprint density at radius 3 is 2.30 bits per heavy atom. The van der Waals surface area contributed by atoms with Crippen LogP contribution in [0.5, 0.6) is 11.5 Å². The van der Waals surface area contributed by atoms with Gasteiger partial charge < -0.3 is 14.8 Å². The van der Waals surface area contributed by atoms with E-state index in [-0.39, 0.29) is 11.3 Å². The Kier molecular flexibility index (Phi) is 7.91. The third kappa shape index (κ3) is 6.04. The van der Waals surface area contributed by atoms with Gasteiger partial charge in [0.2, 0.25) is 0 Å². The molecule has 0 aliphatic rings. The average molecular weight is 445 g/mol. The zero-order chi connectivity index (χ0) is 23.6. The molecule has 0 atom stereocenters. The van der Waals surface area contributed by atoms with Gasteiger partial charge in [-0.25, -0.2) is 10.2 Å². The third-order valence-electron chi connectivity index (χ3n) is 4.67. The Morgan fingerprint density at radius 2 is 1.55 bits per heavy atom. The third-order valence-corrected chi connectivity index (χ3v) is 4.67. The standard InChI is InChI=1S/C25H23N3O5/c1-3-17-10-4-7-13-20(17)27-23(29)24(30)28-26-16-18-11-5-8-14-21(18)33-25(31)19-12-6-9-15-22(19)32-2/h4-16H,3H2,1-2H3,(H,27,29)(H,28,30). The molecule has 3 aromatic rings. The number of esters is 1. The van der Waals surface area contributed by atoms with Crippen LogP contribution < -0.4 is 20.2 Å². The summed E-state index contributed by atoms with van der Waals surface area (Å²) in [5.74, 6) is -1.76. The van der Waals surface area contributed by atoms with Crippen molar-refractivity contribution in [3.8, 4) is 11.5 Å². The minimum absolute atomic E-state index is 0.229. The van der Waals surface area contributed by atoms with Crippen molar-refractivity contribution in [1.82, 2.24) is 5.43 Å². The topological polar surface area (TPSA) is 106 Å². The molecule has 0 bridgehead atoms. The van der Waals surface area contributed by atoms with Crippen LogP contribution in [-0.2, 0) is 16.0 Å². The first-order chi connectivity index (χ1) is 16.0. The summed E-state index contributed by atoms with van der Waals surface area (Å²) in [4.78, 5) is 36.9. The van der Waals surface area contributed by atoms with Gasteiger partial charge in [0.1, 0.15) is 17.1 Å². The molecule has 2 amide bonds. The fourth-order valence-corrected chi connectivity index (χ4v) is 2.99. The highest BCUT2D eigenvalue weighted by Crippen LogP contribution is 2.22. The molecule has 0 unspecified atom stereocenters. The molecule has 0 saturated heterocycles. The highest BCUT2D eigenvalue weighted by Gasteiger charge is 2.16. The number of aryl methyl sites for hydroxylation is 1. The predicted octanol–water partition coefficient (Wildman–Crippen LogP) is 3.57. The molecule has 0 spiro atoms. The number of hydrogen-bond donors (Lipinski definition) is 2. The van der Waals surface area contributed by atoms with Crippen molar-refractivity contribution in [3.63, 3.8) is 0 Å². The number of hydrogen-bond acceptors (Lipinski definition) is 6. The Labute approximate surface area is 191 Å². The monoisotopic (exact) mass is 445 g/mol. The number of anilines is 1. The Balaban J connectivity index is 1.65. The number of ether oxygens (including phenoxy) is 2. The Bertz CT molecular complexity index is 1190. The molecule has 8 nitrogen and oxygen atoms in total. The summed E-state index contributed by atoms with van der Waals surface area (Å²) in [6.07, 6.45) is 2.00. The van der Waals surface area contributed by atoms with Crippen molar-refractivity contribution < 1.29 is 23.9 Å². The second kappa shape index (κ2) is 11.2. The molecular weight excluding hydrogens is 422 g/mol. The maximum atomic E-state index is 12.6. The van der Waals surface area contributed by atoms with Gasteiger partial charge in [-0.05, 0) is 42.3 Å². The van der Waals surface area contributed by atoms with Gasteiger partial charge in [0.15, 0.2) is 0 Å². The summed E-state index contributed by atoms with van der Waals surface area (Å²) >= 11 is 0. The number of hydrazone groups is 1. The maximum Gasteiger partial charge on any atom is 0.347 e. The number of benzene rings is 3. The first kappa shape index (κ1) is 23.2. The van der Waals surface area contributed by atoms with Crippen LogP contribution in [0.25, 0.3) is 0 Å². The van der Waals surface area contributed by atoms with Crippen LogP contribution in [0, 0.1) is 0 Å². The van der Waals surface area contributed by atoms with Gasteiger partial charge >= 0.3 is 17.8 Å². The molecule has 0 fully saturated rings. The van der Waals surface area contributed by atoms with Crippen LogP contribution in [0.2, 0.25) is 0 Å². The van der Waals surface area contributed by atoms with Crippen LogP contribution in [0.4, 0.5) is 5.69 Å². The highest BCUT2D eigenvalue weighted by molar-refractivity contribution is 6.39. The van der Waals surface area contributed by atoms with E-state index in [1.807, 2.05) is 19.1 Å². The molecule has 8 heteroatoms. The summed E-state index contributed by atoms with van der Waals surface area (Å²) in [5.41, 5.74) is 4.35.